The summed E-state index contributed by atoms with van der Waals surface area (Å²) in [6.45, 7) is -0.415. The van der Waals surface area contributed by atoms with Crippen LogP contribution in [0.5, 0.6) is 0 Å². The number of halogens is 2. The number of amides is 1. The number of para-hydroxylation sites is 1. The molecule has 8 heteroatoms. The Morgan fingerprint density at radius 1 is 1.30 bits per heavy atom. The first kappa shape index (κ1) is 17.6. The van der Waals surface area contributed by atoms with Gasteiger partial charge in [-0.2, -0.15) is 0 Å². The minimum Gasteiger partial charge on any atom is -0.452 e. The lowest BCUT2D eigenvalue weighted by atomic mass is 10.3. The van der Waals surface area contributed by atoms with Crippen molar-refractivity contribution in [2.45, 2.75) is 4.90 Å². The predicted molar refractivity (Wildman–Crippen MR) is 91.4 cm³/mol. The van der Waals surface area contributed by atoms with E-state index in [1.807, 2.05) is 24.5 Å². The molecule has 0 radical (unpaired) electrons. The van der Waals surface area contributed by atoms with E-state index in [0.717, 1.165) is 4.90 Å². The van der Waals surface area contributed by atoms with E-state index >= 15 is 0 Å². The van der Waals surface area contributed by atoms with Gasteiger partial charge in [-0.1, -0.05) is 35.3 Å². The third-order valence-electron chi connectivity index (χ3n) is 2.75. The summed E-state index contributed by atoms with van der Waals surface area (Å²) in [4.78, 5) is 28.4. The number of nitrogens with zero attached hydrogens (tertiary/aromatic N) is 1. The van der Waals surface area contributed by atoms with Gasteiger partial charge >= 0.3 is 5.97 Å². The molecule has 0 atom stereocenters. The molecule has 1 heterocycles. The Balaban J connectivity index is 1.93. The van der Waals surface area contributed by atoms with Crippen LogP contribution in [0.25, 0.3) is 0 Å². The summed E-state index contributed by atoms with van der Waals surface area (Å²) in [5.74, 6) is -1.14. The van der Waals surface area contributed by atoms with E-state index in [0.29, 0.717) is 5.69 Å². The average Bonchev–Trinajstić information content (AvgIpc) is 2.55. The lowest BCUT2D eigenvalue weighted by Crippen LogP contribution is -2.21. The number of hydrogen-bond acceptors (Lipinski definition) is 5. The van der Waals surface area contributed by atoms with Crippen LogP contribution < -0.4 is 5.32 Å². The molecule has 1 aromatic carbocycles. The molecule has 2 aromatic rings. The molecular weight excluding hydrogens is 359 g/mol. The maximum Gasteiger partial charge on any atom is 0.340 e. The second kappa shape index (κ2) is 8.19. The molecule has 0 aliphatic rings. The zero-order valence-corrected chi connectivity index (χ0v) is 14.3. The highest BCUT2D eigenvalue weighted by molar-refractivity contribution is 7.98. The van der Waals surface area contributed by atoms with Gasteiger partial charge in [-0.15, -0.1) is 11.8 Å². The molecule has 1 amide bonds. The summed E-state index contributed by atoms with van der Waals surface area (Å²) in [5.41, 5.74) is 0.786. The van der Waals surface area contributed by atoms with E-state index < -0.39 is 18.5 Å². The van der Waals surface area contributed by atoms with Crippen LogP contribution in [0.15, 0.2) is 41.4 Å². The van der Waals surface area contributed by atoms with Crippen LogP contribution in [0, 0.1) is 0 Å². The fourth-order valence-corrected chi connectivity index (χ4v) is 2.50. The zero-order chi connectivity index (χ0) is 16.8. The van der Waals surface area contributed by atoms with Crippen molar-refractivity contribution in [1.29, 1.82) is 0 Å². The SMILES string of the molecule is CSc1ccccc1NC(=O)COC(=O)c1cnc(Cl)c(Cl)c1. The maximum absolute atomic E-state index is 11.9. The highest BCUT2D eigenvalue weighted by atomic mass is 35.5. The normalized spacial score (nSPS) is 10.2. The van der Waals surface area contributed by atoms with Crippen molar-refractivity contribution in [3.8, 4) is 0 Å². The number of benzene rings is 1. The second-order valence-electron chi connectivity index (χ2n) is 4.32. The number of nitrogens with one attached hydrogen (secondary N) is 1. The molecule has 0 saturated heterocycles. The first-order valence-electron chi connectivity index (χ1n) is 6.42. The van der Waals surface area contributed by atoms with Gasteiger partial charge in [0.15, 0.2) is 6.61 Å². The third kappa shape index (κ3) is 4.86. The molecule has 5 nitrogen and oxygen atoms in total. The average molecular weight is 371 g/mol. The fraction of sp³-hybridized carbons (Fsp3) is 0.133. The molecule has 0 bridgehead atoms. The molecule has 0 saturated carbocycles. The standard InChI is InChI=1S/C15H12Cl2N2O3S/c1-23-12-5-3-2-4-11(12)19-13(20)8-22-15(21)9-6-10(16)14(17)18-7-9/h2-7H,8H2,1H3,(H,19,20). The Labute approximate surface area is 147 Å². The summed E-state index contributed by atoms with van der Waals surface area (Å²) in [6.07, 6.45) is 3.14. The summed E-state index contributed by atoms with van der Waals surface area (Å²) in [6, 6.07) is 8.67. The smallest absolute Gasteiger partial charge is 0.340 e. The van der Waals surface area contributed by atoms with Crippen molar-refractivity contribution in [3.63, 3.8) is 0 Å². The molecule has 0 fully saturated rings. The topological polar surface area (TPSA) is 68.3 Å². The zero-order valence-electron chi connectivity index (χ0n) is 12.0. The Hall–Kier alpha value is -1.76. The number of esters is 1. The Morgan fingerprint density at radius 2 is 2.04 bits per heavy atom. The highest BCUT2D eigenvalue weighted by Gasteiger charge is 2.13. The van der Waals surface area contributed by atoms with Crippen molar-refractivity contribution in [2.24, 2.45) is 0 Å². The van der Waals surface area contributed by atoms with Gasteiger partial charge in [-0.25, -0.2) is 9.78 Å². The van der Waals surface area contributed by atoms with E-state index in [4.69, 9.17) is 27.9 Å². The van der Waals surface area contributed by atoms with Crippen molar-refractivity contribution in [2.75, 3.05) is 18.2 Å². The number of ether oxygens (including phenoxy) is 1. The van der Waals surface area contributed by atoms with E-state index in [1.165, 1.54) is 24.0 Å². The van der Waals surface area contributed by atoms with Crippen LogP contribution >= 0.6 is 35.0 Å². The van der Waals surface area contributed by atoms with E-state index in [-0.39, 0.29) is 15.7 Å². The van der Waals surface area contributed by atoms with Crippen LogP contribution in [0.4, 0.5) is 5.69 Å². The van der Waals surface area contributed by atoms with Gasteiger partial charge in [0.25, 0.3) is 5.91 Å². The summed E-state index contributed by atoms with van der Waals surface area (Å²) >= 11 is 13.0. The summed E-state index contributed by atoms with van der Waals surface area (Å²) in [5, 5.41) is 2.92. The van der Waals surface area contributed by atoms with Crippen molar-refractivity contribution in [1.82, 2.24) is 4.98 Å². The Bertz CT molecular complexity index is 740. The minimum absolute atomic E-state index is 0.0923. The van der Waals surface area contributed by atoms with Crippen molar-refractivity contribution >= 4 is 52.5 Å². The molecular formula is C15H12Cl2N2O3S. The van der Waals surface area contributed by atoms with E-state index in [2.05, 4.69) is 10.3 Å². The minimum atomic E-state index is -0.704. The van der Waals surface area contributed by atoms with Crippen LogP contribution in [-0.4, -0.2) is 29.7 Å². The van der Waals surface area contributed by atoms with Gasteiger partial charge in [0, 0.05) is 11.1 Å². The number of rotatable bonds is 5. The molecule has 0 unspecified atom stereocenters. The van der Waals surface area contributed by atoms with E-state index in [1.54, 1.807) is 6.07 Å². The van der Waals surface area contributed by atoms with Crippen LogP contribution in [-0.2, 0) is 9.53 Å². The molecule has 2 rings (SSSR count). The number of carbonyl (C=O) groups is 2. The number of carbonyl (C=O) groups excluding carboxylic acids is 2. The number of thioether (sulfide) groups is 1. The van der Waals surface area contributed by atoms with Gasteiger partial charge in [-0.3, -0.25) is 4.79 Å². The van der Waals surface area contributed by atoms with Gasteiger partial charge in [0.1, 0.15) is 5.15 Å². The molecule has 0 aliphatic heterocycles. The van der Waals surface area contributed by atoms with Gasteiger partial charge < -0.3 is 10.1 Å². The number of pyridine rings is 1. The lowest BCUT2D eigenvalue weighted by Gasteiger charge is -2.09. The largest absolute Gasteiger partial charge is 0.452 e. The quantitative estimate of drug-likeness (QED) is 0.490. The Kier molecular flexibility index (Phi) is 6.27. The summed E-state index contributed by atoms with van der Waals surface area (Å²) in [7, 11) is 0. The van der Waals surface area contributed by atoms with Crippen LogP contribution in [0.3, 0.4) is 0 Å². The van der Waals surface area contributed by atoms with Gasteiger partial charge in [0.2, 0.25) is 0 Å². The third-order valence-corrected chi connectivity index (χ3v) is 4.23. The van der Waals surface area contributed by atoms with Gasteiger partial charge in [-0.05, 0) is 24.5 Å². The first-order valence-corrected chi connectivity index (χ1v) is 8.40. The molecule has 23 heavy (non-hydrogen) atoms. The van der Waals surface area contributed by atoms with Crippen LogP contribution in [0.2, 0.25) is 10.2 Å². The molecule has 1 aromatic heterocycles. The molecule has 0 aliphatic carbocycles. The van der Waals surface area contributed by atoms with Crippen LogP contribution in [0.1, 0.15) is 10.4 Å². The number of hydrogen-bond donors (Lipinski definition) is 1. The van der Waals surface area contributed by atoms with Crippen molar-refractivity contribution < 1.29 is 14.3 Å². The highest BCUT2D eigenvalue weighted by Crippen LogP contribution is 2.24. The maximum atomic E-state index is 11.9. The van der Waals surface area contributed by atoms with Gasteiger partial charge in [0.05, 0.1) is 16.3 Å². The molecule has 0 spiro atoms. The van der Waals surface area contributed by atoms with E-state index in [9.17, 15) is 9.59 Å². The Morgan fingerprint density at radius 3 is 2.74 bits per heavy atom. The van der Waals surface area contributed by atoms with Crippen molar-refractivity contribution in [3.05, 3.63) is 52.3 Å². The predicted octanol–water partition coefficient (Wildman–Crippen LogP) is 3.91. The lowest BCUT2D eigenvalue weighted by molar-refractivity contribution is -0.119. The second-order valence-corrected chi connectivity index (χ2v) is 5.93. The number of anilines is 1. The monoisotopic (exact) mass is 370 g/mol. The molecule has 120 valence electrons. The first-order chi connectivity index (χ1) is 11.0. The summed E-state index contributed by atoms with van der Waals surface area (Å²) < 4.78 is 4.93. The molecule has 1 N–H and O–H groups in total. The fourth-order valence-electron chi connectivity index (χ4n) is 1.68. The number of aromatic nitrogens is 1.